The molecule has 96 valence electrons. The highest BCUT2D eigenvalue weighted by Gasteiger charge is 2.27. The second kappa shape index (κ2) is 5.69. The molecule has 0 radical (unpaired) electrons. The van der Waals surface area contributed by atoms with Crippen molar-refractivity contribution in [2.45, 2.75) is 57.6 Å². The molecule has 1 saturated carbocycles. The van der Waals surface area contributed by atoms with Crippen molar-refractivity contribution in [2.24, 2.45) is 0 Å². The zero-order valence-electron chi connectivity index (χ0n) is 10.7. The molecule has 2 N–H and O–H groups in total. The molecule has 1 fully saturated rings. The fourth-order valence-electron chi connectivity index (χ4n) is 2.56. The van der Waals surface area contributed by atoms with Gasteiger partial charge in [-0.1, -0.05) is 25.7 Å². The van der Waals surface area contributed by atoms with Crippen LogP contribution in [0.25, 0.3) is 0 Å². The van der Waals surface area contributed by atoms with E-state index in [1.165, 1.54) is 12.8 Å². The van der Waals surface area contributed by atoms with E-state index in [0.717, 1.165) is 37.2 Å². The van der Waals surface area contributed by atoms with Crippen molar-refractivity contribution in [3.05, 3.63) is 23.7 Å². The topological polar surface area (TPSA) is 45.4 Å². The Labute approximate surface area is 103 Å². The highest BCUT2D eigenvalue weighted by atomic mass is 16.3. The molecule has 17 heavy (non-hydrogen) atoms. The Morgan fingerprint density at radius 1 is 1.24 bits per heavy atom. The van der Waals surface area contributed by atoms with Gasteiger partial charge in [-0.05, 0) is 31.9 Å². The fraction of sp³-hybridized carbons (Fsp3) is 0.714. The van der Waals surface area contributed by atoms with Crippen LogP contribution in [0.4, 0.5) is 0 Å². The molecule has 3 nitrogen and oxygen atoms in total. The monoisotopic (exact) mass is 237 g/mol. The average molecular weight is 237 g/mol. The Balaban J connectivity index is 1.76. The summed E-state index contributed by atoms with van der Waals surface area (Å²) in [6.07, 6.45) is 6.68. The van der Waals surface area contributed by atoms with E-state index in [0.29, 0.717) is 13.1 Å². The van der Waals surface area contributed by atoms with Gasteiger partial charge in [0.1, 0.15) is 11.5 Å². The molecule has 0 amide bonds. The third kappa shape index (κ3) is 3.86. The summed E-state index contributed by atoms with van der Waals surface area (Å²) in [4.78, 5) is 0. The van der Waals surface area contributed by atoms with Crippen molar-refractivity contribution in [3.63, 3.8) is 0 Å². The van der Waals surface area contributed by atoms with Crippen molar-refractivity contribution < 1.29 is 9.52 Å². The SMILES string of the molecule is Cc1ccc(CNCC2(O)CCCCCC2)o1. The van der Waals surface area contributed by atoms with Crippen molar-refractivity contribution in [2.75, 3.05) is 6.54 Å². The lowest BCUT2D eigenvalue weighted by molar-refractivity contribution is 0.0247. The van der Waals surface area contributed by atoms with Crippen molar-refractivity contribution in [1.29, 1.82) is 0 Å². The minimum atomic E-state index is -0.502. The Kier molecular flexibility index (Phi) is 4.24. The summed E-state index contributed by atoms with van der Waals surface area (Å²) in [6, 6.07) is 3.96. The second-order valence-electron chi connectivity index (χ2n) is 5.25. The first-order valence-corrected chi connectivity index (χ1v) is 6.66. The van der Waals surface area contributed by atoms with Gasteiger partial charge in [0, 0.05) is 6.54 Å². The maximum Gasteiger partial charge on any atom is 0.117 e. The number of aryl methyl sites for hydroxylation is 1. The maximum absolute atomic E-state index is 10.4. The van der Waals surface area contributed by atoms with Crippen molar-refractivity contribution in [3.8, 4) is 0 Å². The van der Waals surface area contributed by atoms with Gasteiger partial charge < -0.3 is 14.8 Å². The number of furan rings is 1. The van der Waals surface area contributed by atoms with Gasteiger partial charge in [0.25, 0.3) is 0 Å². The quantitative estimate of drug-likeness (QED) is 0.791. The first kappa shape index (κ1) is 12.7. The standard InChI is InChI=1S/C14H23NO2/c1-12-6-7-13(17-12)10-15-11-14(16)8-4-2-3-5-9-14/h6-7,15-16H,2-5,8-11H2,1H3. The summed E-state index contributed by atoms with van der Waals surface area (Å²) < 4.78 is 5.49. The Morgan fingerprint density at radius 3 is 2.53 bits per heavy atom. The molecule has 0 spiro atoms. The molecule has 0 atom stereocenters. The Bertz CT molecular complexity index is 338. The lowest BCUT2D eigenvalue weighted by Gasteiger charge is -2.26. The van der Waals surface area contributed by atoms with E-state index in [4.69, 9.17) is 4.42 Å². The molecular formula is C14H23NO2. The summed E-state index contributed by atoms with van der Waals surface area (Å²) in [6.45, 7) is 3.32. The molecule has 0 unspecified atom stereocenters. The zero-order chi connectivity index (χ0) is 12.1. The second-order valence-corrected chi connectivity index (χ2v) is 5.25. The highest BCUT2D eigenvalue weighted by molar-refractivity contribution is 5.05. The number of aliphatic hydroxyl groups is 1. The van der Waals surface area contributed by atoms with Gasteiger partial charge in [-0.2, -0.15) is 0 Å². The first-order chi connectivity index (χ1) is 8.18. The maximum atomic E-state index is 10.4. The van der Waals surface area contributed by atoms with Gasteiger partial charge in [-0.25, -0.2) is 0 Å². The zero-order valence-corrected chi connectivity index (χ0v) is 10.7. The van der Waals surface area contributed by atoms with Crippen LogP contribution in [0.1, 0.15) is 50.0 Å². The highest BCUT2D eigenvalue weighted by Crippen LogP contribution is 2.26. The van der Waals surface area contributed by atoms with E-state index in [9.17, 15) is 5.11 Å². The molecular weight excluding hydrogens is 214 g/mol. The molecule has 0 saturated heterocycles. The van der Waals surface area contributed by atoms with E-state index < -0.39 is 5.60 Å². The molecule has 1 aliphatic carbocycles. The summed E-state index contributed by atoms with van der Waals surface area (Å²) in [7, 11) is 0. The minimum absolute atomic E-state index is 0.502. The molecule has 0 aromatic carbocycles. The third-order valence-electron chi connectivity index (χ3n) is 3.58. The van der Waals surface area contributed by atoms with Gasteiger partial charge in [0.15, 0.2) is 0 Å². The van der Waals surface area contributed by atoms with E-state index >= 15 is 0 Å². The van der Waals surface area contributed by atoms with Crippen LogP contribution in [0, 0.1) is 6.92 Å². The van der Waals surface area contributed by atoms with Crippen LogP contribution < -0.4 is 5.32 Å². The van der Waals surface area contributed by atoms with Crippen LogP contribution >= 0.6 is 0 Å². The van der Waals surface area contributed by atoms with Gasteiger partial charge >= 0.3 is 0 Å². The number of hydrogen-bond acceptors (Lipinski definition) is 3. The van der Waals surface area contributed by atoms with Crippen LogP contribution in [0.5, 0.6) is 0 Å². The van der Waals surface area contributed by atoms with Gasteiger partial charge in [-0.15, -0.1) is 0 Å². The van der Waals surface area contributed by atoms with Crippen LogP contribution in [0.3, 0.4) is 0 Å². The molecule has 1 aliphatic rings. The van der Waals surface area contributed by atoms with Gasteiger partial charge in [0.2, 0.25) is 0 Å². The summed E-state index contributed by atoms with van der Waals surface area (Å²) in [5.41, 5.74) is -0.502. The summed E-state index contributed by atoms with van der Waals surface area (Å²) in [5, 5.41) is 13.8. The molecule has 3 heteroatoms. The van der Waals surface area contributed by atoms with Crippen molar-refractivity contribution >= 4 is 0 Å². The largest absolute Gasteiger partial charge is 0.465 e. The first-order valence-electron chi connectivity index (χ1n) is 6.66. The van der Waals surface area contributed by atoms with Crippen LogP contribution in [0.15, 0.2) is 16.5 Å². The van der Waals surface area contributed by atoms with E-state index in [1.807, 2.05) is 19.1 Å². The Morgan fingerprint density at radius 2 is 1.94 bits per heavy atom. The van der Waals surface area contributed by atoms with Gasteiger partial charge in [-0.3, -0.25) is 0 Å². The van der Waals surface area contributed by atoms with E-state index in [1.54, 1.807) is 0 Å². The molecule has 0 aliphatic heterocycles. The molecule has 0 bridgehead atoms. The van der Waals surface area contributed by atoms with E-state index in [-0.39, 0.29) is 0 Å². The smallest absolute Gasteiger partial charge is 0.117 e. The predicted octanol–water partition coefficient (Wildman–Crippen LogP) is 2.76. The predicted molar refractivity (Wildman–Crippen MR) is 67.8 cm³/mol. The molecule has 1 heterocycles. The summed E-state index contributed by atoms with van der Waals surface area (Å²) in [5.74, 6) is 1.88. The van der Waals surface area contributed by atoms with Crippen LogP contribution in [-0.2, 0) is 6.54 Å². The molecule has 1 aromatic heterocycles. The average Bonchev–Trinajstić information content (AvgIpc) is 2.58. The third-order valence-corrected chi connectivity index (χ3v) is 3.58. The Hall–Kier alpha value is -0.800. The normalized spacial score (nSPS) is 20.1. The fourth-order valence-corrected chi connectivity index (χ4v) is 2.56. The van der Waals surface area contributed by atoms with Crippen LogP contribution in [-0.4, -0.2) is 17.3 Å². The van der Waals surface area contributed by atoms with E-state index in [2.05, 4.69) is 5.32 Å². The molecule has 2 rings (SSSR count). The summed E-state index contributed by atoms with van der Waals surface area (Å²) >= 11 is 0. The lowest BCUT2D eigenvalue weighted by atomic mass is 9.94. The number of hydrogen-bond donors (Lipinski definition) is 2. The van der Waals surface area contributed by atoms with Crippen LogP contribution in [0.2, 0.25) is 0 Å². The number of nitrogens with one attached hydrogen (secondary N) is 1. The van der Waals surface area contributed by atoms with Crippen molar-refractivity contribution in [1.82, 2.24) is 5.32 Å². The van der Waals surface area contributed by atoms with Gasteiger partial charge in [0.05, 0.1) is 12.1 Å². The minimum Gasteiger partial charge on any atom is -0.465 e. The molecule has 1 aromatic rings. The lowest BCUT2D eigenvalue weighted by Crippen LogP contribution is -2.39. The number of rotatable bonds is 4.